The van der Waals surface area contributed by atoms with Gasteiger partial charge in [-0.05, 0) is 43.2 Å². The van der Waals surface area contributed by atoms with Crippen molar-refractivity contribution in [1.82, 2.24) is 0 Å². The molecule has 0 fully saturated rings. The van der Waals surface area contributed by atoms with Crippen molar-refractivity contribution in [3.63, 3.8) is 0 Å². The molecule has 1 nitrogen and oxygen atoms in total. The number of hydrogen-bond donors (Lipinski definition) is 0. The molecule has 0 N–H and O–H groups in total. The van der Waals surface area contributed by atoms with E-state index in [1.54, 1.807) is 18.2 Å². The fraction of sp³-hybridized carbons (Fsp3) is 0.200. The molecule has 0 saturated carbocycles. The Balaban J connectivity index is 2.42. The zero-order valence-electron chi connectivity index (χ0n) is 10.6. The summed E-state index contributed by atoms with van der Waals surface area (Å²) < 4.78 is 19.5. The monoisotopic (exact) mass is 342 g/mol. The lowest BCUT2D eigenvalue weighted by Crippen LogP contribution is -1.94. The fourth-order valence-corrected chi connectivity index (χ4v) is 2.41. The predicted octanol–water partition coefficient (Wildman–Crippen LogP) is 5.78. The zero-order chi connectivity index (χ0) is 14.0. The maximum Gasteiger partial charge on any atom is 0.167 e. The minimum Gasteiger partial charge on any atom is -0.454 e. The number of hydrogen-bond acceptors (Lipinski definition) is 1. The van der Waals surface area contributed by atoms with E-state index in [0.717, 1.165) is 16.7 Å². The first-order valence-electron chi connectivity index (χ1n) is 5.81. The minimum absolute atomic E-state index is 0.250. The number of alkyl halides is 1. The first-order valence-corrected chi connectivity index (χ1v) is 7.31. The van der Waals surface area contributed by atoms with E-state index < -0.39 is 0 Å². The molecule has 0 amide bonds. The Morgan fingerprint density at radius 1 is 1.21 bits per heavy atom. The molecular formula is C15H13BrClFO. The molecule has 4 heteroatoms. The van der Waals surface area contributed by atoms with Gasteiger partial charge in [-0.1, -0.05) is 39.7 Å². The highest BCUT2D eigenvalue weighted by Gasteiger charge is 2.11. The van der Waals surface area contributed by atoms with E-state index in [1.807, 2.05) is 19.9 Å². The van der Waals surface area contributed by atoms with Crippen molar-refractivity contribution in [2.45, 2.75) is 19.2 Å². The molecule has 2 aromatic carbocycles. The van der Waals surface area contributed by atoms with Crippen molar-refractivity contribution in [2.75, 3.05) is 0 Å². The molecule has 2 rings (SSSR count). The molecule has 0 radical (unpaired) electrons. The third kappa shape index (κ3) is 3.10. The van der Waals surface area contributed by atoms with Gasteiger partial charge < -0.3 is 4.74 Å². The van der Waals surface area contributed by atoms with Gasteiger partial charge in [-0.15, -0.1) is 0 Å². The lowest BCUT2D eigenvalue weighted by molar-refractivity contribution is 0.438. The topological polar surface area (TPSA) is 9.23 Å². The van der Waals surface area contributed by atoms with Crippen LogP contribution in [0.4, 0.5) is 4.39 Å². The van der Waals surface area contributed by atoms with Gasteiger partial charge in [-0.25, -0.2) is 4.39 Å². The van der Waals surface area contributed by atoms with Crippen LogP contribution >= 0.6 is 27.5 Å². The average Bonchev–Trinajstić information content (AvgIpc) is 2.38. The predicted molar refractivity (Wildman–Crippen MR) is 80.0 cm³/mol. The molecule has 0 aromatic heterocycles. The molecule has 0 saturated heterocycles. The lowest BCUT2D eigenvalue weighted by atomic mass is 10.1. The van der Waals surface area contributed by atoms with Gasteiger partial charge in [0, 0.05) is 15.9 Å². The van der Waals surface area contributed by atoms with Crippen LogP contribution in [-0.2, 0) is 5.33 Å². The molecule has 2 aromatic rings. The molecule has 19 heavy (non-hydrogen) atoms. The van der Waals surface area contributed by atoms with Gasteiger partial charge >= 0.3 is 0 Å². The third-order valence-corrected chi connectivity index (χ3v) is 4.02. The van der Waals surface area contributed by atoms with Gasteiger partial charge in [0.15, 0.2) is 11.6 Å². The van der Waals surface area contributed by atoms with E-state index in [1.165, 1.54) is 6.07 Å². The van der Waals surface area contributed by atoms with Crippen molar-refractivity contribution in [3.05, 3.63) is 57.9 Å². The molecule has 0 aliphatic rings. The Kier molecular flexibility index (Phi) is 4.48. The highest BCUT2D eigenvalue weighted by molar-refractivity contribution is 9.08. The summed E-state index contributed by atoms with van der Waals surface area (Å²) in [6.45, 7) is 3.80. The summed E-state index contributed by atoms with van der Waals surface area (Å²) in [6, 6.07) is 8.48. The van der Waals surface area contributed by atoms with Gasteiger partial charge in [0.2, 0.25) is 0 Å². The summed E-state index contributed by atoms with van der Waals surface area (Å²) in [7, 11) is 0. The second-order valence-corrected chi connectivity index (χ2v) is 5.27. The number of para-hydroxylation sites is 1. The smallest absolute Gasteiger partial charge is 0.167 e. The number of ether oxygens (including phenoxy) is 1. The summed E-state index contributed by atoms with van der Waals surface area (Å²) in [5, 5.41) is 1.24. The Morgan fingerprint density at radius 3 is 2.42 bits per heavy atom. The number of halogens is 3. The highest BCUT2D eigenvalue weighted by Crippen LogP contribution is 2.33. The Morgan fingerprint density at radius 2 is 1.84 bits per heavy atom. The Labute approximate surface area is 125 Å². The third-order valence-electron chi connectivity index (χ3n) is 2.82. The van der Waals surface area contributed by atoms with Crippen LogP contribution in [0, 0.1) is 19.7 Å². The van der Waals surface area contributed by atoms with E-state index in [0.29, 0.717) is 16.1 Å². The van der Waals surface area contributed by atoms with Crippen LogP contribution in [0.3, 0.4) is 0 Å². The van der Waals surface area contributed by atoms with Gasteiger partial charge in [0.25, 0.3) is 0 Å². The zero-order valence-corrected chi connectivity index (χ0v) is 13.0. The molecule has 0 heterocycles. The van der Waals surface area contributed by atoms with Crippen molar-refractivity contribution in [2.24, 2.45) is 0 Å². The maximum absolute atomic E-state index is 13.8. The van der Waals surface area contributed by atoms with Crippen molar-refractivity contribution in [1.29, 1.82) is 0 Å². The van der Waals surface area contributed by atoms with Gasteiger partial charge in [-0.2, -0.15) is 0 Å². The summed E-state index contributed by atoms with van der Waals surface area (Å²) in [4.78, 5) is 0. The largest absolute Gasteiger partial charge is 0.454 e. The van der Waals surface area contributed by atoms with Gasteiger partial charge in [0.1, 0.15) is 5.75 Å². The molecule has 0 aliphatic carbocycles. The van der Waals surface area contributed by atoms with E-state index in [9.17, 15) is 4.39 Å². The normalized spacial score (nSPS) is 10.6. The SMILES string of the molecule is Cc1cc(Oc2c(F)cccc2CBr)cc(C)c1Cl. The second kappa shape index (κ2) is 5.93. The van der Waals surface area contributed by atoms with Crippen LogP contribution in [-0.4, -0.2) is 0 Å². The Hall–Kier alpha value is -1.06. The minimum atomic E-state index is -0.373. The number of rotatable bonds is 3. The molecule has 0 spiro atoms. The van der Waals surface area contributed by atoms with Crippen molar-refractivity contribution in [3.8, 4) is 11.5 Å². The fourth-order valence-electron chi connectivity index (χ4n) is 1.86. The lowest BCUT2D eigenvalue weighted by Gasteiger charge is -2.12. The van der Waals surface area contributed by atoms with E-state index >= 15 is 0 Å². The van der Waals surface area contributed by atoms with Crippen LogP contribution < -0.4 is 4.74 Å². The van der Waals surface area contributed by atoms with E-state index in [2.05, 4.69) is 15.9 Å². The summed E-state index contributed by atoms with van der Waals surface area (Å²) in [6.07, 6.45) is 0. The van der Waals surface area contributed by atoms with Crippen LogP contribution in [0.25, 0.3) is 0 Å². The van der Waals surface area contributed by atoms with Crippen LogP contribution in [0.2, 0.25) is 5.02 Å². The first-order chi connectivity index (χ1) is 9.02. The maximum atomic E-state index is 13.8. The molecule has 0 aliphatic heterocycles. The number of aryl methyl sites for hydroxylation is 2. The molecule has 100 valence electrons. The van der Waals surface area contributed by atoms with Crippen LogP contribution in [0.1, 0.15) is 16.7 Å². The van der Waals surface area contributed by atoms with Crippen LogP contribution in [0.5, 0.6) is 11.5 Å². The molecule has 0 unspecified atom stereocenters. The van der Waals surface area contributed by atoms with Gasteiger partial charge in [0.05, 0.1) is 0 Å². The van der Waals surface area contributed by atoms with Crippen molar-refractivity contribution >= 4 is 27.5 Å². The van der Waals surface area contributed by atoms with E-state index in [4.69, 9.17) is 16.3 Å². The van der Waals surface area contributed by atoms with Crippen molar-refractivity contribution < 1.29 is 9.13 Å². The summed E-state index contributed by atoms with van der Waals surface area (Å²) in [5.41, 5.74) is 2.59. The quantitative estimate of drug-likeness (QED) is 0.642. The van der Waals surface area contributed by atoms with Crippen LogP contribution in [0.15, 0.2) is 30.3 Å². The standard InChI is InChI=1S/C15H13BrClFO/c1-9-6-12(7-10(2)14(9)17)19-15-11(8-16)4-3-5-13(15)18/h3-7H,8H2,1-2H3. The Bertz CT molecular complexity index is 590. The van der Waals surface area contributed by atoms with E-state index in [-0.39, 0.29) is 11.6 Å². The number of benzene rings is 2. The molecule has 0 atom stereocenters. The average molecular weight is 344 g/mol. The molecular weight excluding hydrogens is 331 g/mol. The summed E-state index contributed by atoms with van der Waals surface area (Å²) in [5.74, 6) is 0.467. The molecule has 0 bridgehead atoms. The van der Waals surface area contributed by atoms with Gasteiger partial charge in [-0.3, -0.25) is 0 Å². The second-order valence-electron chi connectivity index (χ2n) is 4.33. The summed E-state index contributed by atoms with van der Waals surface area (Å²) >= 11 is 9.43. The highest BCUT2D eigenvalue weighted by atomic mass is 79.9. The first kappa shape index (κ1) is 14.4.